The average molecular weight is 294 g/mol. The Morgan fingerprint density at radius 3 is 2.67 bits per heavy atom. The Hall–Kier alpha value is -2.00. The molecule has 112 valence electrons. The van der Waals surface area contributed by atoms with Crippen molar-refractivity contribution in [2.24, 2.45) is 0 Å². The SMILES string of the molecule is O=[N+]([O-])c1ccc2c(ccn2C2O[C@H](CO)[C@@H](O)[C@H]2O)c1. The predicted octanol–water partition coefficient (Wildman–Crippen LogP) is 0.161. The van der Waals surface area contributed by atoms with Crippen LogP contribution in [-0.2, 0) is 4.74 Å². The molecule has 2 heterocycles. The van der Waals surface area contributed by atoms with Crippen molar-refractivity contribution >= 4 is 16.6 Å². The molecule has 21 heavy (non-hydrogen) atoms. The summed E-state index contributed by atoms with van der Waals surface area (Å²) in [6.07, 6.45) is -2.46. The van der Waals surface area contributed by atoms with Crippen LogP contribution in [-0.4, -0.2) is 49.7 Å². The maximum absolute atomic E-state index is 10.8. The lowest BCUT2D eigenvalue weighted by Gasteiger charge is -2.17. The van der Waals surface area contributed by atoms with Crippen LogP contribution in [0.5, 0.6) is 0 Å². The Morgan fingerprint density at radius 2 is 2.05 bits per heavy atom. The topological polar surface area (TPSA) is 118 Å². The molecule has 4 atom stereocenters. The largest absolute Gasteiger partial charge is 0.394 e. The molecule has 0 saturated carbocycles. The summed E-state index contributed by atoms with van der Waals surface area (Å²) in [6.45, 7) is -0.403. The number of ether oxygens (including phenoxy) is 1. The maximum Gasteiger partial charge on any atom is 0.270 e. The van der Waals surface area contributed by atoms with Gasteiger partial charge in [0.05, 0.1) is 17.0 Å². The van der Waals surface area contributed by atoms with Crippen LogP contribution in [0.3, 0.4) is 0 Å². The molecule has 0 aliphatic carbocycles. The molecule has 1 unspecified atom stereocenters. The molecule has 0 radical (unpaired) electrons. The van der Waals surface area contributed by atoms with Crippen molar-refractivity contribution in [1.29, 1.82) is 0 Å². The van der Waals surface area contributed by atoms with Crippen LogP contribution in [0.2, 0.25) is 0 Å². The van der Waals surface area contributed by atoms with Crippen molar-refractivity contribution < 1.29 is 25.0 Å². The molecule has 8 nitrogen and oxygen atoms in total. The Balaban J connectivity index is 2.00. The highest BCUT2D eigenvalue weighted by molar-refractivity contribution is 5.82. The number of hydrogen-bond acceptors (Lipinski definition) is 6. The van der Waals surface area contributed by atoms with E-state index in [1.54, 1.807) is 22.9 Å². The number of fused-ring (bicyclic) bond motifs is 1. The van der Waals surface area contributed by atoms with Gasteiger partial charge in [0.25, 0.3) is 5.69 Å². The second kappa shape index (κ2) is 5.08. The molecule has 1 aromatic heterocycles. The first-order valence-corrected chi connectivity index (χ1v) is 6.40. The number of aromatic nitrogens is 1. The van der Waals surface area contributed by atoms with Gasteiger partial charge >= 0.3 is 0 Å². The average Bonchev–Trinajstić information content (AvgIpc) is 3.01. The summed E-state index contributed by atoms with van der Waals surface area (Å²) >= 11 is 0. The van der Waals surface area contributed by atoms with E-state index in [0.29, 0.717) is 10.9 Å². The first kappa shape index (κ1) is 14.0. The zero-order valence-corrected chi connectivity index (χ0v) is 10.9. The van der Waals surface area contributed by atoms with Gasteiger partial charge in [-0.05, 0) is 12.1 Å². The number of non-ortho nitro benzene ring substituents is 1. The van der Waals surface area contributed by atoms with E-state index in [4.69, 9.17) is 9.84 Å². The summed E-state index contributed by atoms with van der Waals surface area (Å²) in [5, 5.41) is 40.3. The third-order valence-electron chi connectivity index (χ3n) is 3.71. The quantitative estimate of drug-likeness (QED) is 0.548. The summed E-state index contributed by atoms with van der Waals surface area (Å²) in [5.74, 6) is 0. The van der Waals surface area contributed by atoms with E-state index in [-0.39, 0.29) is 5.69 Å². The lowest BCUT2D eigenvalue weighted by Crippen LogP contribution is -2.33. The van der Waals surface area contributed by atoms with E-state index >= 15 is 0 Å². The van der Waals surface area contributed by atoms with Crippen LogP contribution < -0.4 is 0 Å². The van der Waals surface area contributed by atoms with Crippen LogP contribution >= 0.6 is 0 Å². The zero-order valence-electron chi connectivity index (χ0n) is 10.9. The van der Waals surface area contributed by atoms with Gasteiger partial charge in [0.2, 0.25) is 0 Å². The van der Waals surface area contributed by atoms with E-state index in [0.717, 1.165) is 0 Å². The number of aliphatic hydroxyl groups is 3. The molecule has 3 N–H and O–H groups in total. The van der Waals surface area contributed by atoms with Gasteiger partial charge in [-0.1, -0.05) is 0 Å². The highest BCUT2D eigenvalue weighted by Gasteiger charge is 2.43. The number of rotatable bonds is 3. The summed E-state index contributed by atoms with van der Waals surface area (Å²) in [5.41, 5.74) is 0.608. The molecule has 0 amide bonds. The molecule has 8 heteroatoms. The Labute approximate surface area is 119 Å². The van der Waals surface area contributed by atoms with Gasteiger partial charge in [0.1, 0.15) is 18.3 Å². The van der Waals surface area contributed by atoms with Gasteiger partial charge in [-0.25, -0.2) is 0 Å². The van der Waals surface area contributed by atoms with Crippen LogP contribution in [0, 0.1) is 10.1 Å². The van der Waals surface area contributed by atoms with Crippen molar-refractivity contribution in [1.82, 2.24) is 4.57 Å². The Kier molecular flexibility index (Phi) is 3.38. The first-order valence-electron chi connectivity index (χ1n) is 6.40. The molecule has 2 aromatic rings. The number of nitro groups is 1. The fraction of sp³-hybridized carbons (Fsp3) is 0.385. The summed E-state index contributed by atoms with van der Waals surface area (Å²) < 4.78 is 7.03. The first-order chi connectivity index (χ1) is 10.0. The molecule has 1 aromatic carbocycles. The van der Waals surface area contributed by atoms with E-state index in [1.807, 2.05) is 0 Å². The normalized spacial score (nSPS) is 29.1. The molecule has 0 spiro atoms. The van der Waals surface area contributed by atoms with Crippen LogP contribution in [0.25, 0.3) is 10.9 Å². The van der Waals surface area contributed by atoms with Crippen molar-refractivity contribution in [2.45, 2.75) is 24.5 Å². The zero-order chi connectivity index (χ0) is 15.1. The second-order valence-corrected chi connectivity index (χ2v) is 4.95. The van der Waals surface area contributed by atoms with Crippen molar-refractivity contribution in [3.63, 3.8) is 0 Å². The molecule has 1 aliphatic rings. The summed E-state index contributed by atoms with van der Waals surface area (Å²) in [4.78, 5) is 10.3. The van der Waals surface area contributed by atoms with Crippen molar-refractivity contribution in [3.8, 4) is 0 Å². The standard InChI is InChI=1S/C13H14N2O6/c16-6-10-11(17)12(18)13(21-10)14-4-3-7-5-8(15(19)20)1-2-9(7)14/h1-5,10-13,16-18H,6H2/t10-,11-,12-,13?/m1/s1. The second-order valence-electron chi connectivity index (χ2n) is 4.95. The Bertz CT molecular complexity index is 684. The van der Waals surface area contributed by atoms with Gasteiger partial charge in [-0.15, -0.1) is 0 Å². The van der Waals surface area contributed by atoms with Crippen molar-refractivity contribution in [2.75, 3.05) is 6.61 Å². The van der Waals surface area contributed by atoms with E-state index in [1.165, 1.54) is 12.1 Å². The summed E-state index contributed by atoms with van der Waals surface area (Å²) in [6, 6.07) is 6.01. The van der Waals surface area contributed by atoms with E-state index in [9.17, 15) is 20.3 Å². The van der Waals surface area contributed by atoms with Crippen LogP contribution in [0.1, 0.15) is 6.23 Å². The highest BCUT2D eigenvalue weighted by Crippen LogP contribution is 2.33. The van der Waals surface area contributed by atoms with Gasteiger partial charge < -0.3 is 24.6 Å². The third kappa shape index (κ3) is 2.18. The monoisotopic (exact) mass is 294 g/mol. The maximum atomic E-state index is 10.8. The fourth-order valence-electron chi connectivity index (χ4n) is 2.60. The molecule has 3 rings (SSSR count). The number of benzene rings is 1. The van der Waals surface area contributed by atoms with Crippen LogP contribution in [0.15, 0.2) is 30.5 Å². The third-order valence-corrected chi connectivity index (χ3v) is 3.71. The van der Waals surface area contributed by atoms with E-state index < -0.39 is 36.1 Å². The predicted molar refractivity (Wildman–Crippen MR) is 71.6 cm³/mol. The summed E-state index contributed by atoms with van der Waals surface area (Å²) in [7, 11) is 0. The lowest BCUT2D eigenvalue weighted by atomic mass is 10.1. The van der Waals surface area contributed by atoms with Gasteiger partial charge in [0.15, 0.2) is 6.23 Å². The van der Waals surface area contributed by atoms with Gasteiger partial charge in [-0.3, -0.25) is 10.1 Å². The number of nitro benzene ring substituents is 1. The molecule has 1 saturated heterocycles. The highest BCUT2D eigenvalue weighted by atomic mass is 16.6. The molecular weight excluding hydrogens is 280 g/mol. The lowest BCUT2D eigenvalue weighted by molar-refractivity contribution is -0.384. The molecular formula is C13H14N2O6. The minimum absolute atomic E-state index is 0.0265. The van der Waals surface area contributed by atoms with Gasteiger partial charge in [-0.2, -0.15) is 0 Å². The van der Waals surface area contributed by atoms with Crippen molar-refractivity contribution in [3.05, 3.63) is 40.6 Å². The van der Waals surface area contributed by atoms with E-state index in [2.05, 4.69) is 0 Å². The minimum Gasteiger partial charge on any atom is -0.394 e. The smallest absolute Gasteiger partial charge is 0.270 e. The van der Waals surface area contributed by atoms with Crippen LogP contribution in [0.4, 0.5) is 5.69 Å². The Morgan fingerprint density at radius 1 is 1.29 bits per heavy atom. The number of aliphatic hydroxyl groups excluding tert-OH is 3. The molecule has 1 aliphatic heterocycles. The molecule has 1 fully saturated rings. The number of nitrogens with zero attached hydrogens (tertiary/aromatic N) is 2. The number of hydrogen-bond donors (Lipinski definition) is 3. The fourth-order valence-corrected chi connectivity index (χ4v) is 2.60. The minimum atomic E-state index is -1.19. The molecule has 0 bridgehead atoms. The van der Waals surface area contributed by atoms with Gasteiger partial charge in [0, 0.05) is 23.7 Å².